The largest absolute Gasteiger partial charge is 0.468 e. The van der Waals surface area contributed by atoms with E-state index in [1.807, 2.05) is 30.4 Å². The van der Waals surface area contributed by atoms with Gasteiger partial charge in [0.25, 0.3) is 0 Å². The van der Waals surface area contributed by atoms with Crippen LogP contribution in [0.25, 0.3) is 0 Å². The monoisotopic (exact) mass is 226 g/mol. The van der Waals surface area contributed by atoms with Crippen LogP contribution in [0.5, 0.6) is 0 Å². The van der Waals surface area contributed by atoms with Crippen LogP contribution in [0, 0.1) is 5.41 Å². The van der Waals surface area contributed by atoms with E-state index in [1.54, 1.807) is 0 Å². The zero-order valence-electron chi connectivity index (χ0n) is 9.72. The smallest absolute Gasteiger partial charge is 0.316 e. The Bertz CT molecular complexity index is 527. The van der Waals surface area contributed by atoms with Crippen molar-refractivity contribution >= 4 is 5.97 Å². The molecule has 1 aromatic rings. The molecule has 0 amide bonds. The van der Waals surface area contributed by atoms with Gasteiger partial charge in [-0.2, -0.15) is 0 Å². The Morgan fingerprint density at radius 2 is 2.18 bits per heavy atom. The van der Waals surface area contributed by atoms with Crippen LogP contribution in [0.15, 0.2) is 48.6 Å². The van der Waals surface area contributed by atoms with E-state index in [4.69, 9.17) is 4.74 Å². The van der Waals surface area contributed by atoms with Crippen LogP contribution < -0.4 is 0 Å². The van der Waals surface area contributed by atoms with Crippen molar-refractivity contribution in [3.8, 4) is 0 Å². The molecule has 2 aliphatic rings. The molecule has 0 aliphatic heterocycles. The van der Waals surface area contributed by atoms with Gasteiger partial charge in [-0.3, -0.25) is 4.79 Å². The lowest BCUT2D eigenvalue weighted by atomic mass is 9.73. The lowest BCUT2D eigenvalue weighted by molar-refractivity contribution is -0.150. The van der Waals surface area contributed by atoms with Gasteiger partial charge in [0.1, 0.15) is 5.41 Å². The van der Waals surface area contributed by atoms with Crippen LogP contribution in [-0.4, -0.2) is 13.1 Å². The van der Waals surface area contributed by atoms with E-state index < -0.39 is 5.41 Å². The number of ether oxygens (including phenoxy) is 1. The van der Waals surface area contributed by atoms with E-state index in [0.717, 1.165) is 6.42 Å². The molecule has 2 heteroatoms. The van der Waals surface area contributed by atoms with Crippen LogP contribution in [0.1, 0.15) is 17.0 Å². The molecular weight excluding hydrogens is 212 g/mol. The fourth-order valence-corrected chi connectivity index (χ4v) is 3.00. The van der Waals surface area contributed by atoms with Crippen LogP contribution in [0.3, 0.4) is 0 Å². The average molecular weight is 226 g/mol. The fraction of sp³-hybridized carbons (Fsp3) is 0.267. The number of esters is 1. The van der Waals surface area contributed by atoms with Gasteiger partial charge in [0.2, 0.25) is 0 Å². The van der Waals surface area contributed by atoms with E-state index in [0.29, 0.717) is 0 Å². The Hall–Kier alpha value is -1.83. The maximum absolute atomic E-state index is 12.1. The third-order valence-electron chi connectivity index (χ3n) is 3.80. The van der Waals surface area contributed by atoms with Gasteiger partial charge in [-0.25, -0.2) is 0 Å². The van der Waals surface area contributed by atoms with Crippen molar-refractivity contribution in [2.75, 3.05) is 7.11 Å². The van der Waals surface area contributed by atoms with E-state index in [9.17, 15) is 4.79 Å². The number of carbonyl (C=O) groups is 1. The number of methoxy groups -OCH3 is 1. The minimum atomic E-state index is -0.521. The molecule has 0 unspecified atom stereocenters. The molecule has 17 heavy (non-hydrogen) atoms. The summed E-state index contributed by atoms with van der Waals surface area (Å²) in [6, 6.07) is 8.25. The van der Waals surface area contributed by atoms with Crippen molar-refractivity contribution < 1.29 is 9.53 Å². The topological polar surface area (TPSA) is 26.3 Å². The Balaban J connectivity index is 2.15. The molecular formula is C15H14O2. The molecule has 0 bridgehead atoms. The number of benzene rings is 1. The molecule has 0 saturated heterocycles. The molecule has 3 rings (SSSR count). The van der Waals surface area contributed by atoms with E-state index >= 15 is 0 Å². The Labute approximate surface area is 101 Å². The van der Waals surface area contributed by atoms with Gasteiger partial charge in [0, 0.05) is 5.92 Å². The number of fused-ring (bicyclic) bond motifs is 3. The third kappa shape index (κ3) is 1.30. The fourth-order valence-electron chi connectivity index (χ4n) is 3.00. The minimum Gasteiger partial charge on any atom is -0.468 e. The molecule has 2 aliphatic carbocycles. The zero-order valence-corrected chi connectivity index (χ0v) is 9.72. The van der Waals surface area contributed by atoms with Crippen molar-refractivity contribution in [2.24, 2.45) is 5.41 Å². The van der Waals surface area contributed by atoms with Gasteiger partial charge >= 0.3 is 5.97 Å². The first kappa shape index (κ1) is 10.3. The lowest BCUT2D eigenvalue weighted by Crippen LogP contribution is -2.34. The van der Waals surface area contributed by atoms with Gasteiger partial charge < -0.3 is 4.74 Å². The first-order valence-corrected chi connectivity index (χ1v) is 5.80. The highest BCUT2D eigenvalue weighted by molar-refractivity contribution is 5.83. The second kappa shape index (κ2) is 3.59. The SMILES string of the molecule is COC(=O)[C@]12C=CC=C[C@H]1c1ccccc1C2. The Morgan fingerprint density at radius 3 is 3.00 bits per heavy atom. The van der Waals surface area contributed by atoms with Crippen LogP contribution in [-0.2, 0) is 16.0 Å². The molecule has 0 saturated carbocycles. The molecule has 0 heterocycles. The predicted octanol–water partition coefficient (Wildman–Crippen LogP) is 2.61. The van der Waals surface area contributed by atoms with E-state index in [1.165, 1.54) is 18.2 Å². The van der Waals surface area contributed by atoms with Gasteiger partial charge in [0.15, 0.2) is 0 Å². The second-order valence-electron chi connectivity index (χ2n) is 4.63. The quantitative estimate of drug-likeness (QED) is 0.688. The molecule has 0 spiro atoms. The maximum atomic E-state index is 12.1. The van der Waals surface area contributed by atoms with Crippen LogP contribution >= 0.6 is 0 Å². The van der Waals surface area contributed by atoms with E-state index in [2.05, 4.69) is 18.2 Å². The normalized spacial score (nSPS) is 28.6. The van der Waals surface area contributed by atoms with Crippen LogP contribution in [0.4, 0.5) is 0 Å². The van der Waals surface area contributed by atoms with Crippen molar-refractivity contribution in [1.82, 2.24) is 0 Å². The summed E-state index contributed by atoms with van der Waals surface area (Å²) in [6.45, 7) is 0. The number of rotatable bonds is 1. The number of carbonyl (C=O) groups excluding carboxylic acids is 1. The molecule has 0 radical (unpaired) electrons. The molecule has 2 nitrogen and oxygen atoms in total. The summed E-state index contributed by atoms with van der Waals surface area (Å²) in [5.41, 5.74) is 1.98. The van der Waals surface area contributed by atoms with E-state index in [-0.39, 0.29) is 11.9 Å². The first-order valence-electron chi connectivity index (χ1n) is 5.80. The predicted molar refractivity (Wildman–Crippen MR) is 65.6 cm³/mol. The number of hydrogen-bond donors (Lipinski definition) is 0. The zero-order chi connectivity index (χ0) is 11.9. The van der Waals surface area contributed by atoms with Crippen molar-refractivity contribution in [3.63, 3.8) is 0 Å². The van der Waals surface area contributed by atoms with Crippen LogP contribution in [0.2, 0.25) is 0 Å². The highest BCUT2D eigenvalue weighted by Crippen LogP contribution is 2.51. The number of hydrogen-bond acceptors (Lipinski definition) is 2. The van der Waals surface area contributed by atoms with Crippen molar-refractivity contribution in [2.45, 2.75) is 12.3 Å². The minimum absolute atomic E-state index is 0.121. The second-order valence-corrected chi connectivity index (χ2v) is 4.63. The highest BCUT2D eigenvalue weighted by atomic mass is 16.5. The maximum Gasteiger partial charge on any atom is 0.316 e. The highest BCUT2D eigenvalue weighted by Gasteiger charge is 2.50. The van der Waals surface area contributed by atoms with Gasteiger partial charge in [0.05, 0.1) is 7.11 Å². The molecule has 86 valence electrons. The van der Waals surface area contributed by atoms with Gasteiger partial charge in [-0.1, -0.05) is 48.6 Å². The first-order chi connectivity index (χ1) is 8.28. The summed E-state index contributed by atoms with van der Waals surface area (Å²) in [5.74, 6) is -0.0181. The standard InChI is InChI=1S/C15H14O2/c1-17-14(16)15-9-5-4-8-13(15)12-7-3-2-6-11(12)10-15/h2-9,13H,10H2,1H3/t13-,15-/m0/s1. The summed E-state index contributed by atoms with van der Waals surface area (Å²) >= 11 is 0. The molecule has 0 aromatic heterocycles. The van der Waals surface area contributed by atoms with Crippen molar-refractivity contribution in [1.29, 1.82) is 0 Å². The molecule has 0 N–H and O–H groups in total. The van der Waals surface area contributed by atoms with Crippen molar-refractivity contribution in [3.05, 3.63) is 59.7 Å². The summed E-state index contributed by atoms with van der Waals surface area (Å²) < 4.78 is 5.00. The van der Waals surface area contributed by atoms with Gasteiger partial charge in [-0.05, 0) is 17.5 Å². The summed E-state index contributed by atoms with van der Waals surface area (Å²) in [4.78, 5) is 12.1. The average Bonchev–Trinajstić information content (AvgIpc) is 2.73. The molecule has 0 fully saturated rings. The molecule has 1 aromatic carbocycles. The summed E-state index contributed by atoms with van der Waals surface area (Å²) in [6.07, 6.45) is 8.78. The lowest BCUT2D eigenvalue weighted by Gasteiger charge is -2.30. The molecule has 2 atom stereocenters. The van der Waals surface area contributed by atoms with Gasteiger partial charge in [-0.15, -0.1) is 0 Å². The number of allylic oxidation sites excluding steroid dienone is 3. The summed E-state index contributed by atoms with van der Waals surface area (Å²) in [5, 5.41) is 0. The summed E-state index contributed by atoms with van der Waals surface area (Å²) in [7, 11) is 1.46. The third-order valence-corrected chi connectivity index (χ3v) is 3.80. The Kier molecular flexibility index (Phi) is 2.18. The Morgan fingerprint density at radius 1 is 1.35 bits per heavy atom.